The summed E-state index contributed by atoms with van der Waals surface area (Å²) in [6.07, 6.45) is 0. The van der Waals surface area contributed by atoms with Crippen LogP contribution < -0.4 is 16.0 Å². The van der Waals surface area contributed by atoms with Crippen molar-refractivity contribution in [3.8, 4) is 5.75 Å². The first-order valence-electron chi connectivity index (χ1n) is 7.20. The van der Waals surface area contributed by atoms with Gasteiger partial charge in [-0.3, -0.25) is 4.79 Å². The molecule has 0 aliphatic heterocycles. The van der Waals surface area contributed by atoms with Crippen LogP contribution in [0.5, 0.6) is 5.75 Å². The molecule has 2 aromatic carbocycles. The fourth-order valence-corrected chi connectivity index (χ4v) is 2.13. The Kier molecular flexibility index (Phi) is 7.57. The van der Waals surface area contributed by atoms with Crippen molar-refractivity contribution in [2.75, 3.05) is 24.5 Å². The van der Waals surface area contributed by atoms with E-state index in [-0.39, 0.29) is 35.2 Å². The number of nitrogens with two attached hydrogens (primary N) is 1. The Labute approximate surface area is 146 Å². The topological polar surface area (TPSA) is 78.6 Å². The van der Waals surface area contributed by atoms with Gasteiger partial charge in [0.05, 0.1) is 0 Å². The Morgan fingerprint density at radius 3 is 2.48 bits per heavy atom. The van der Waals surface area contributed by atoms with Gasteiger partial charge in [-0.25, -0.2) is 0 Å². The third kappa shape index (κ3) is 5.58. The molecule has 6 heteroatoms. The molecule has 0 radical (unpaired) electrons. The summed E-state index contributed by atoms with van der Waals surface area (Å²) < 4.78 is 0. The molecule has 2 aromatic rings. The minimum Gasteiger partial charge on any atom is -0.508 e. The zero-order chi connectivity index (χ0) is 15.9. The summed E-state index contributed by atoms with van der Waals surface area (Å²) in [5.74, 6) is 0.0475. The largest absolute Gasteiger partial charge is 0.508 e. The molecule has 0 saturated heterocycles. The molecule has 4 N–H and O–H groups in total. The monoisotopic (exact) mass is 379 g/mol. The smallest absolute Gasteiger partial charge is 0.240 e. The normalized spacial score (nSPS) is 9.83. The maximum Gasteiger partial charge on any atom is 0.240 e. The SMILES string of the molecule is Br.Cc1ccc(N(CC(=O)NCCN)c2cccc(O)c2)cc1. The van der Waals surface area contributed by atoms with Gasteiger partial charge in [-0.15, -0.1) is 17.0 Å². The number of hydrogen-bond donors (Lipinski definition) is 3. The van der Waals surface area contributed by atoms with Crippen LogP contribution in [0.15, 0.2) is 48.5 Å². The average Bonchev–Trinajstić information content (AvgIpc) is 2.51. The van der Waals surface area contributed by atoms with Crippen LogP contribution in [0.1, 0.15) is 5.56 Å². The number of carbonyl (C=O) groups is 1. The lowest BCUT2D eigenvalue weighted by Crippen LogP contribution is -2.37. The number of nitrogens with zero attached hydrogens (tertiary/aromatic N) is 1. The van der Waals surface area contributed by atoms with Crippen LogP contribution in [0, 0.1) is 6.92 Å². The van der Waals surface area contributed by atoms with E-state index in [9.17, 15) is 9.90 Å². The van der Waals surface area contributed by atoms with Gasteiger partial charge < -0.3 is 21.1 Å². The molecule has 0 saturated carbocycles. The highest BCUT2D eigenvalue weighted by Crippen LogP contribution is 2.27. The van der Waals surface area contributed by atoms with Crippen LogP contribution in [0.25, 0.3) is 0 Å². The van der Waals surface area contributed by atoms with Crippen LogP contribution in [0.2, 0.25) is 0 Å². The Balaban J connectivity index is 0.00000264. The molecule has 0 aliphatic rings. The number of aromatic hydroxyl groups is 1. The van der Waals surface area contributed by atoms with Crippen LogP contribution in [0.4, 0.5) is 11.4 Å². The fourth-order valence-electron chi connectivity index (χ4n) is 2.13. The number of carbonyl (C=O) groups excluding carboxylic acids is 1. The molecule has 0 heterocycles. The molecule has 124 valence electrons. The summed E-state index contributed by atoms with van der Waals surface area (Å²) in [6.45, 7) is 3.02. The fraction of sp³-hybridized carbons (Fsp3) is 0.235. The first-order valence-corrected chi connectivity index (χ1v) is 7.20. The van der Waals surface area contributed by atoms with E-state index in [1.54, 1.807) is 18.2 Å². The summed E-state index contributed by atoms with van der Waals surface area (Å²) in [5, 5.41) is 12.4. The minimum absolute atomic E-state index is 0. The summed E-state index contributed by atoms with van der Waals surface area (Å²) in [7, 11) is 0. The van der Waals surface area contributed by atoms with E-state index in [0.29, 0.717) is 13.1 Å². The van der Waals surface area contributed by atoms with Crippen LogP contribution in [-0.2, 0) is 4.79 Å². The molecular weight excluding hydrogens is 358 g/mol. The molecule has 0 unspecified atom stereocenters. The van der Waals surface area contributed by atoms with Crippen molar-refractivity contribution in [1.29, 1.82) is 0 Å². The second-order valence-electron chi connectivity index (χ2n) is 5.08. The van der Waals surface area contributed by atoms with Gasteiger partial charge in [0.1, 0.15) is 12.3 Å². The van der Waals surface area contributed by atoms with Gasteiger partial charge in [-0.1, -0.05) is 23.8 Å². The molecule has 1 amide bonds. The maximum absolute atomic E-state index is 12.0. The summed E-state index contributed by atoms with van der Waals surface area (Å²) in [4.78, 5) is 13.9. The Bertz CT molecular complexity index is 632. The van der Waals surface area contributed by atoms with Gasteiger partial charge in [0.2, 0.25) is 5.91 Å². The standard InChI is InChI=1S/C17H21N3O2.BrH/c1-13-5-7-14(8-6-13)20(12-17(22)19-10-9-18)15-3-2-4-16(21)11-15;/h2-8,11,21H,9-10,12,18H2,1H3,(H,19,22);1H. The molecule has 0 aliphatic carbocycles. The van der Waals surface area contributed by atoms with Crippen molar-refractivity contribution in [2.24, 2.45) is 5.73 Å². The number of rotatable bonds is 6. The van der Waals surface area contributed by atoms with Crippen molar-refractivity contribution in [3.63, 3.8) is 0 Å². The second-order valence-corrected chi connectivity index (χ2v) is 5.08. The van der Waals surface area contributed by atoms with E-state index >= 15 is 0 Å². The summed E-state index contributed by atoms with van der Waals surface area (Å²) in [5.41, 5.74) is 8.19. The molecule has 23 heavy (non-hydrogen) atoms. The molecule has 0 fully saturated rings. The van der Waals surface area contributed by atoms with Crippen molar-refractivity contribution in [1.82, 2.24) is 5.32 Å². The average molecular weight is 380 g/mol. The van der Waals surface area contributed by atoms with Crippen molar-refractivity contribution >= 4 is 34.3 Å². The predicted octanol–water partition coefficient (Wildman–Crippen LogP) is 2.49. The Hall–Kier alpha value is -2.05. The highest BCUT2D eigenvalue weighted by molar-refractivity contribution is 8.93. The zero-order valence-corrected chi connectivity index (χ0v) is 14.7. The van der Waals surface area contributed by atoms with Crippen LogP contribution >= 0.6 is 17.0 Å². The highest BCUT2D eigenvalue weighted by Gasteiger charge is 2.14. The number of phenols is 1. The number of halogens is 1. The first kappa shape index (κ1) is 19.0. The van der Waals surface area contributed by atoms with Crippen molar-refractivity contribution in [3.05, 3.63) is 54.1 Å². The van der Waals surface area contributed by atoms with E-state index in [4.69, 9.17) is 5.73 Å². The van der Waals surface area contributed by atoms with E-state index in [0.717, 1.165) is 16.9 Å². The van der Waals surface area contributed by atoms with Gasteiger partial charge in [0.25, 0.3) is 0 Å². The van der Waals surface area contributed by atoms with E-state index in [2.05, 4.69) is 5.32 Å². The van der Waals surface area contributed by atoms with Crippen molar-refractivity contribution < 1.29 is 9.90 Å². The molecular formula is C17H22BrN3O2. The van der Waals surface area contributed by atoms with E-state index < -0.39 is 0 Å². The number of aryl methyl sites for hydroxylation is 1. The number of benzene rings is 2. The number of phenolic OH excluding ortho intramolecular Hbond substituents is 1. The Morgan fingerprint density at radius 1 is 1.17 bits per heavy atom. The van der Waals surface area contributed by atoms with Gasteiger partial charge in [-0.05, 0) is 31.2 Å². The lowest BCUT2D eigenvalue weighted by atomic mass is 10.2. The second kappa shape index (κ2) is 9.17. The van der Waals surface area contributed by atoms with Gasteiger partial charge in [0, 0.05) is 30.5 Å². The van der Waals surface area contributed by atoms with E-state index in [1.807, 2.05) is 42.2 Å². The lowest BCUT2D eigenvalue weighted by molar-refractivity contribution is -0.119. The quantitative estimate of drug-likeness (QED) is 0.720. The Morgan fingerprint density at radius 2 is 1.87 bits per heavy atom. The number of amides is 1. The molecule has 0 atom stereocenters. The summed E-state index contributed by atoms with van der Waals surface area (Å²) >= 11 is 0. The van der Waals surface area contributed by atoms with E-state index in [1.165, 1.54) is 0 Å². The lowest BCUT2D eigenvalue weighted by Gasteiger charge is -2.24. The number of anilines is 2. The van der Waals surface area contributed by atoms with Gasteiger partial charge >= 0.3 is 0 Å². The zero-order valence-electron chi connectivity index (χ0n) is 13.0. The molecule has 0 aromatic heterocycles. The van der Waals surface area contributed by atoms with Crippen LogP contribution in [0.3, 0.4) is 0 Å². The third-order valence-corrected chi connectivity index (χ3v) is 3.26. The molecule has 0 bridgehead atoms. The maximum atomic E-state index is 12.0. The van der Waals surface area contributed by atoms with Crippen LogP contribution in [-0.4, -0.2) is 30.6 Å². The van der Waals surface area contributed by atoms with Crippen molar-refractivity contribution in [2.45, 2.75) is 6.92 Å². The number of nitrogens with one attached hydrogen (secondary N) is 1. The summed E-state index contributed by atoms with van der Waals surface area (Å²) in [6, 6.07) is 14.7. The van der Waals surface area contributed by atoms with Gasteiger partial charge in [0.15, 0.2) is 0 Å². The molecule has 5 nitrogen and oxygen atoms in total. The first-order chi connectivity index (χ1) is 10.6. The third-order valence-electron chi connectivity index (χ3n) is 3.26. The predicted molar refractivity (Wildman–Crippen MR) is 98.7 cm³/mol. The molecule has 0 spiro atoms. The highest BCUT2D eigenvalue weighted by atomic mass is 79.9. The minimum atomic E-state index is -0.116. The molecule has 2 rings (SSSR count). The number of hydrogen-bond acceptors (Lipinski definition) is 4. The van der Waals surface area contributed by atoms with Gasteiger partial charge in [-0.2, -0.15) is 0 Å².